The van der Waals surface area contributed by atoms with Crippen LogP contribution in [0.3, 0.4) is 0 Å². The van der Waals surface area contributed by atoms with Crippen molar-refractivity contribution in [2.75, 3.05) is 7.05 Å². The molecule has 21 heavy (non-hydrogen) atoms. The Bertz CT molecular complexity index is 353. The second kappa shape index (κ2) is 7.08. The Hall–Kier alpha value is -0.640. The molecule has 1 N–H and O–H groups in total. The highest BCUT2D eigenvalue weighted by Crippen LogP contribution is 2.45. The molecular weight excluding hydrogens is 269 g/mol. The standard InChI is InChI=1S/C17H32FNO2/c1-7-12(15(20)21-16(2,3)4)17(5)11-9-8-10-13(19-6)14(17)18/h12-14,19H,7-11H2,1-6H3/t12-,13-,14-,17-/m0/s1. The fraction of sp³-hybridized carbons (Fsp3) is 0.941. The predicted octanol–water partition coefficient (Wildman–Crippen LogP) is 3.86. The number of hydrogen-bond donors (Lipinski definition) is 1. The van der Waals surface area contributed by atoms with Gasteiger partial charge in [0.2, 0.25) is 0 Å². The van der Waals surface area contributed by atoms with Crippen LogP contribution in [0, 0.1) is 11.3 Å². The normalized spacial score (nSPS) is 32.3. The zero-order valence-electron chi connectivity index (χ0n) is 14.5. The maximum atomic E-state index is 15.1. The van der Waals surface area contributed by atoms with Gasteiger partial charge in [-0.2, -0.15) is 0 Å². The molecule has 4 atom stereocenters. The van der Waals surface area contributed by atoms with Crippen LogP contribution in [0.5, 0.6) is 0 Å². The van der Waals surface area contributed by atoms with Gasteiger partial charge in [0.05, 0.1) is 5.92 Å². The molecule has 0 spiro atoms. The Labute approximate surface area is 129 Å². The van der Waals surface area contributed by atoms with Crippen molar-refractivity contribution in [3.8, 4) is 0 Å². The van der Waals surface area contributed by atoms with Gasteiger partial charge in [-0.1, -0.05) is 26.7 Å². The van der Waals surface area contributed by atoms with Gasteiger partial charge in [0.15, 0.2) is 0 Å². The number of alkyl halides is 1. The van der Waals surface area contributed by atoms with E-state index in [-0.39, 0.29) is 17.9 Å². The van der Waals surface area contributed by atoms with Gasteiger partial charge in [0, 0.05) is 11.5 Å². The molecule has 1 rings (SSSR count). The van der Waals surface area contributed by atoms with Crippen LogP contribution in [0.4, 0.5) is 4.39 Å². The van der Waals surface area contributed by atoms with Crippen molar-refractivity contribution in [1.82, 2.24) is 5.32 Å². The Morgan fingerprint density at radius 2 is 2.05 bits per heavy atom. The van der Waals surface area contributed by atoms with Crippen molar-refractivity contribution >= 4 is 5.97 Å². The van der Waals surface area contributed by atoms with Crippen molar-refractivity contribution in [2.24, 2.45) is 11.3 Å². The van der Waals surface area contributed by atoms with Gasteiger partial charge in [-0.15, -0.1) is 0 Å². The molecule has 0 aromatic rings. The van der Waals surface area contributed by atoms with Crippen molar-refractivity contribution in [2.45, 2.75) is 84.5 Å². The van der Waals surface area contributed by atoms with Crippen molar-refractivity contribution in [1.29, 1.82) is 0 Å². The smallest absolute Gasteiger partial charge is 0.310 e. The molecule has 1 fully saturated rings. The van der Waals surface area contributed by atoms with Gasteiger partial charge in [0.25, 0.3) is 0 Å². The molecule has 1 aliphatic rings. The number of halogens is 1. The topological polar surface area (TPSA) is 38.3 Å². The van der Waals surface area contributed by atoms with E-state index in [0.29, 0.717) is 6.42 Å². The van der Waals surface area contributed by atoms with Crippen LogP contribution in [0.2, 0.25) is 0 Å². The van der Waals surface area contributed by atoms with Crippen molar-refractivity contribution < 1.29 is 13.9 Å². The zero-order valence-corrected chi connectivity index (χ0v) is 14.5. The molecule has 1 aliphatic carbocycles. The lowest BCUT2D eigenvalue weighted by molar-refractivity contribution is -0.168. The Morgan fingerprint density at radius 1 is 1.43 bits per heavy atom. The summed E-state index contributed by atoms with van der Waals surface area (Å²) in [6.45, 7) is 9.44. The van der Waals surface area contributed by atoms with Gasteiger partial charge in [0.1, 0.15) is 11.8 Å². The lowest BCUT2D eigenvalue weighted by atomic mass is 9.68. The monoisotopic (exact) mass is 301 g/mol. The number of rotatable bonds is 4. The van der Waals surface area contributed by atoms with Gasteiger partial charge >= 0.3 is 5.97 Å². The van der Waals surface area contributed by atoms with E-state index in [2.05, 4.69) is 5.32 Å². The summed E-state index contributed by atoms with van der Waals surface area (Å²) in [4.78, 5) is 12.5. The highest BCUT2D eigenvalue weighted by atomic mass is 19.1. The summed E-state index contributed by atoms with van der Waals surface area (Å²) in [5.41, 5.74) is -1.18. The summed E-state index contributed by atoms with van der Waals surface area (Å²) < 4.78 is 20.7. The van der Waals surface area contributed by atoms with Gasteiger partial charge in [-0.05, 0) is 47.1 Å². The number of ether oxygens (including phenoxy) is 1. The molecule has 4 heteroatoms. The molecule has 0 amide bonds. The first-order chi connectivity index (χ1) is 9.65. The van der Waals surface area contributed by atoms with E-state index >= 15 is 4.39 Å². The van der Waals surface area contributed by atoms with Crippen molar-refractivity contribution in [3.05, 3.63) is 0 Å². The first-order valence-electron chi connectivity index (χ1n) is 8.20. The molecule has 0 aliphatic heterocycles. The largest absolute Gasteiger partial charge is 0.460 e. The van der Waals surface area contributed by atoms with E-state index < -0.39 is 17.2 Å². The number of hydrogen-bond acceptors (Lipinski definition) is 3. The molecular formula is C17H32FNO2. The first kappa shape index (κ1) is 18.4. The van der Waals surface area contributed by atoms with Gasteiger partial charge in [-0.25, -0.2) is 4.39 Å². The predicted molar refractivity (Wildman–Crippen MR) is 83.9 cm³/mol. The van der Waals surface area contributed by atoms with Crippen LogP contribution < -0.4 is 5.32 Å². The van der Waals surface area contributed by atoms with Gasteiger partial charge < -0.3 is 10.1 Å². The summed E-state index contributed by atoms with van der Waals surface area (Å²) in [6, 6.07) is -0.172. The highest BCUT2D eigenvalue weighted by Gasteiger charge is 2.49. The minimum absolute atomic E-state index is 0.172. The van der Waals surface area contributed by atoms with E-state index in [1.807, 2.05) is 34.6 Å². The van der Waals surface area contributed by atoms with Crippen LogP contribution in [0.25, 0.3) is 0 Å². The third-order valence-corrected chi connectivity index (χ3v) is 4.73. The maximum absolute atomic E-state index is 15.1. The maximum Gasteiger partial charge on any atom is 0.310 e. The molecule has 0 aromatic carbocycles. The molecule has 0 bridgehead atoms. The van der Waals surface area contributed by atoms with E-state index in [1.165, 1.54) is 0 Å². The third-order valence-electron chi connectivity index (χ3n) is 4.73. The molecule has 0 unspecified atom stereocenters. The molecule has 0 heterocycles. The fourth-order valence-corrected chi connectivity index (χ4v) is 3.55. The zero-order chi connectivity index (χ0) is 16.3. The first-order valence-corrected chi connectivity index (χ1v) is 8.20. The highest BCUT2D eigenvalue weighted by molar-refractivity contribution is 5.74. The van der Waals surface area contributed by atoms with Crippen molar-refractivity contribution in [3.63, 3.8) is 0 Å². The molecule has 3 nitrogen and oxygen atoms in total. The van der Waals surface area contributed by atoms with E-state index in [1.54, 1.807) is 7.05 Å². The van der Waals surface area contributed by atoms with Crippen LogP contribution in [-0.2, 0) is 9.53 Å². The summed E-state index contributed by atoms with van der Waals surface area (Å²) in [7, 11) is 1.80. The summed E-state index contributed by atoms with van der Waals surface area (Å²) in [5.74, 6) is -0.646. The number of nitrogens with one attached hydrogen (secondary N) is 1. The third kappa shape index (κ3) is 4.41. The van der Waals surface area contributed by atoms with Crippen LogP contribution in [0.1, 0.15) is 66.7 Å². The van der Waals surface area contributed by atoms with E-state index in [9.17, 15) is 4.79 Å². The van der Waals surface area contributed by atoms with Crippen LogP contribution in [0.15, 0.2) is 0 Å². The molecule has 0 aromatic heterocycles. The number of carbonyl (C=O) groups is 1. The second-order valence-corrected chi connectivity index (χ2v) is 7.54. The minimum Gasteiger partial charge on any atom is -0.460 e. The minimum atomic E-state index is -1.03. The lowest BCUT2D eigenvalue weighted by Gasteiger charge is -2.41. The summed E-state index contributed by atoms with van der Waals surface area (Å²) >= 11 is 0. The Morgan fingerprint density at radius 3 is 2.52 bits per heavy atom. The van der Waals surface area contributed by atoms with E-state index in [4.69, 9.17) is 4.74 Å². The van der Waals surface area contributed by atoms with Gasteiger partial charge in [-0.3, -0.25) is 4.79 Å². The van der Waals surface area contributed by atoms with Crippen LogP contribution >= 0.6 is 0 Å². The lowest BCUT2D eigenvalue weighted by Crippen LogP contribution is -2.50. The van der Waals surface area contributed by atoms with Crippen LogP contribution in [-0.4, -0.2) is 30.8 Å². The summed E-state index contributed by atoms with van der Waals surface area (Å²) in [6.07, 6.45) is 3.13. The quantitative estimate of drug-likeness (QED) is 0.633. The average Bonchev–Trinajstić information content (AvgIpc) is 2.49. The molecule has 124 valence electrons. The van der Waals surface area contributed by atoms with E-state index in [0.717, 1.165) is 25.7 Å². The summed E-state index contributed by atoms with van der Waals surface area (Å²) in [5, 5.41) is 3.09. The average molecular weight is 301 g/mol. The fourth-order valence-electron chi connectivity index (χ4n) is 3.55. The molecule has 0 saturated heterocycles. The Kier molecular flexibility index (Phi) is 6.21. The Balaban J connectivity index is 3.01. The second-order valence-electron chi connectivity index (χ2n) is 7.54. The SMILES string of the molecule is CC[C@@H](C(=O)OC(C)(C)C)[C@]1(C)CCCC[C@H](NC)[C@@H]1F. The molecule has 1 saturated carbocycles. The molecule has 0 radical (unpaired) electrons. The number of esters is 1. The number of carbonyl (C=O) groups excluding carboxylic acids is 1.